The van der Waals surface area contributed by atoms with Gasteiger partial charge in [0.1, 0.15) is 5.69 Å². The zero-order valence-corrected chi connectivity index (χ0v) is 17.0. The van der Waals surface area contributed by atoms with Crippen LogP contribution in [0.25, 0.3) is 16.9 Å². The molecule has 0 aliphatic carbocycles. The standard InChI is InChI=1S/C24H19ClN4O/c1-17-9-5-8-14-22(17)29-16-19(23(28-29)18-10-3-2-4-11-18)15-26-27-24(30)20-12-6-7-13-21(20)25/h2-16H,1H3,(H,27,30)/b26-15-. The summed E-state index contributed by atoms with van der Waals surface area (Å²) in [6.45, 7) is 2.04. The van der Waals surface area contributed by atoms with E-state index in [9.17, 15) is 4.79 Å². The summed E-state index contributed by atoms with van der Waals surface area (Å²) in [5.74, 6) is -0.371. The SMILES string of the molecule is Cc1ccccc1-n1cc(/C=N\NC(=O)c2ccccc2Cl)c(-c2ccccc2)n1. The predicted molar refractivity (Wildman–Crippen MR) is 120 cm³/mol. The molecule has 0 unspecified atom stereocenters. The molecule has 6 heteroatoms. The van der Waals surface area contributed by atoms with Gasteiger partial charge in [-0.3, -0.25) is 4.79 Å². The van der Waals surface area contributed by atoms with Gasteiger partial charge in [-0.1, -0.05) is 72.3 Å². The van der Waals surface area contributed by atoms with E-state index in [0.717, 1.165) is 28.1 Å². The molecule has 0 saturated carbocycles. The molecule has 148 valence electrons. The number of aromatic nitrogens is 2. The minimum atomic E-state index is -0.371. The average Bonchev–Trinajstić information content (AvgIpc) is 3.19. The number of carbonyl (C=O) groups is 1. The summed E-state index contributed by atoms with van der Waals surface area (Å²) in [6.07, 6.45) is 3.49. The van der Waals surface area contributed by atoms with E-state index >= 15 is 0 Å². The van der Waals surface area contributed by atoms with E-state index in [4.69, 9.17) is 16.7 Å². The van der Waals surface area contributed by atoms with Crippen molar-refractivity contribution >= 4 is 23.7 Å². The molecule has 0 aliphatic heterocycles. The van der Waals surface area contributed by atoms with Crippen molar-refractivity contribution in [1.29, 1.82) is 0 Å². The van der Waals surface area contributed by atoms with Crippen LogP contribution in [0, 0.1) is 6.92 Å². The first-order chi connectivity index (χ1) is 14.6. The second kappa shape index (κ2) is 8.76. The molecule has 4 rings (SSSR count). The van der Waals surface area contributed by atoms with Crippen LogP contribution >= 0.6 is 11.6 Å². The van der Waals surface area contributed by atoms with Crippen LogP contribution in [0.4, 0.5) is 0 Å². The lowest BCUT2D eigenvalue weighted by atomic mass is 10.1. The Labute approximate surface area is 179 Å². The first-order valence-corrected chi connectivity index (χ1v) is 9.80. The zero-order valence-electron chi connectivity index (χ0n) is 16.3. The van der Waals surface area contributed by atoms with Crippen molar-refractivity contribution in [2.75, 3.05) is 0 Å². The van der Waals surface area contributed by atoms with Gasteiger partial charge in [-0.15, -0.1) is 0 Å². The van der Waals surface area contributed by atoms with E-state index in [-0.39, 0.29) is 5.91 Å². The number of amides is 1. The highest BCUT2D eigenvalue weighted by molar-refractivity contribution is 6.33. The second-order valence-corrected chi connectivity index (χ2v) is 7.12. The smallest absolute Gasteiger partial charge is 0.267 e. The number of nitrogens with one attached hydrogen (secondary N) is 1. The number of rotatable bonds is 5. The number of hydrogen-bond acceptors (Lipinski definition) is 3. The number of nitrogens with zero attached hydrogens (tertiary/aromatic N) is 3. The normalized spacial score (nSPS) is 11.0. The summed E-state index contributed by atoms with van der Waals surface area (Å²) in [5.41, 5.74) is 7.51. The van der Waals surface area contributed by atoms with Crippen molar-refractivity contribution in [3.8, 4) is 16.9 Å². The van der Waals surface area contributed by atoms with Gasteiger partial charge in [-0.05, 0) is 30.7 Å². The molecule has 1 heterocycles. The maximum atomic E-state index is 12.4. The number of carbonyl (C=O) groups excluding carboxylic acids is 1. The topological polar surface area (TPSA) is 59.3 Å². The molecule has 0 saturated heterocycles. The van der Waals surface area contributed by atoms with Crippen LogP contribution in [0.5, 0.6) is 0 Å². The molecule has 5 nitrogen and oxygen atoms in total. The van der Waals surface area contributed by atoms with E-state index in [1.165, 1.54) is 0 Å². The van der Waals surface area contributed by atoms with E-state index in [1.54, 1.807) is 30.5 Å². The van der Waals surface area contributed by atoms with E-state index in [1.807, 2.05) is 72.4 Å². The number of aryl methyl sites for hydroxylation is 1. The highest BCUT2D eigenvalue weighted by atomic mass is 35.5. The largest absolute Gasteiger partial charge is 0.272 e. The quantitative estimate of drug-likeness (QED) is 0.357. The Morgan fingerprint density at radius 3 is 2.47 bits per heavy atom. The lowest BCUT2D eigenvalue weighted by Crippen LogP contribution is -2.17. The van der Waals surface area contributed by atoms with Crippen LogP contribution in [0.3, 0.4) is 0 Å². The maximum Gasteiger partial charge on any atom is 0.272 e. The number of hydrogen-bond donors (Lipinski definition) is 1. The van der Waals surface area contributed by atoms with Gasteiger partial charge in [0, 0.05) is 17.3 Å². The van der Waals surface area contributed by atoms with Crippen LogP contribution in [0.15, 0.2) is 90.2 Å². The van der Waals surface area contributed by atoms with Gasteiger partial charge >= 0.3 is 0 Å². The van der Waals surface area contributed by atoms with Gasteiger partial charge < -0.3 is 0 Å². The van der Waals surface area contributed by atoms with Crippen LogP contribution in [0.1, 0.15) is 21.5 Å². The third-order valence-corrected chi connectivity index (χ3v) is 4.97. The summed E-state index contributed by atoms with van der Waals surface area (Å²) in [5, 5.41) is 9.29. The molecule has 0 spiro atoms. The second-order valence-electron chi connectivity index (χ2n) is 6.71. The van der Waals surface area contributed by atoms with Gasteiger partial charge in [0.25, 0.3) is 5.91 Å². The average molecular weight is 415 g/mol. The molecule has 1 N–H and O–H groups in total. The number of halogens is 1. The van der Waals surface area contributed by atoms with Crippen LogP contribution < -0.4 is 5.43 Å². The van der Waals surface area contributed by atoms with Gasteiger partial charge in [0.2, 0.25) is 0 Å². The molecule has 0 atom stereocenters. The highest BCUT2D eigenvalue weighted by Crippen LogP contribution is 2.23. The molecule has 0 bridgehead atoms. The van der Waals surface area contributed by atoms with Crippen molar-refractivity contribution in [3.05, 3.63) is 107 Å². The molecule has 0 aliphatic rings. The summed E-state index contributed by atoms with van der Waals surface area (Å²) in [4.78, 5) is 12.4. The molecule has 1 aromatic heterocycles. The Morgan fingerprint density at radius 1 is 1.00 bits per heavy atom. The summed E-state index contributed by atoms with van der Waals surface area (Å²) < 4.78 is 1.83. The first kappa shape index (κ1) is 19.6. The van der Waals surface area contributed by atoms with Crippen molar-refractivity contribution in [1.82, 2.24) is 15.2 Å². The third-order valence-electron chi connectivity index (χ3n) is 4.64. The summed E-state index contributed by atoms with van der Waals surface area (Å²) >= 11 is 6.08. The van der Waals surface area contributed by atoms with Crippen molar-refractivity contribution in [3.63, 3.8) is 0 Å². The fraction of sp³-hybridized carbons (Fsp3) is 0.0417. The highest BCUT2D eigenvalue weighted by Gasteiger charge is 2.13. The molecular formula is C24H19ClN4O. The molecule has 1 amide bonds. The Kier molecular flexibility index (Phi) is 5.72. The lowest BCUT2D eigenvalue weighted by Gasteiger charge is -2.04. The molecular weight excluding hydrogens is 396 g/mol. The van der Waals surface area contributed by atoms with Gasteiger partial charge in [0.15, 0.2) is 0 Å². The fourth-order valence-corrected chi connectivity index (χ4v) is 3.33. The number of para-hydroxylation sites is 1. The first-order valence-electron chi connectivity index (χ1n) is 9.42. The Bertz CT molecular complexity index is 1210. The molecule has 30 heavy (non-hydrogen) atoms. The van der Waals surface area contributed by atoms with Crippen molar-refractivity contribution in [2.24, 2.45) is 5.10 Å². The number of benzene rings is 3. The van der Waals surface area contributed by atoms with E-state index < -0.39 is 0 Å². The van der Waals surface area contributed by atoms with Gasteiger partial charge in [0.05, 0.1) is 22.5 Å². The van der Waals surface area contributed by atoms with Crippen molar-refractivity contribution < 1.29 is 4.79 Å². The summed E-state index contributed by atoms with van der Waals surface area (Å²) in [6, 6.07) is 24.7. The Morgan fingerprint density at radius 2 is 1.70 bits per heavy atom. The van der Waals surface area contributed by atoms with Crippen LogP contribution in [-0.4, -0.2) is 21.9 Å². The van der Waals surface area contributed by atoms with Gasteiger partial charge in [-0.25, -0.2) is 10.1 Å². The zero-order chi connectivity index (χ0) is 20.9. The monoisotopic (exact) mass is 414 g/mol. The number of hydrazone groups is 1. The van der Waals surface area contributed by atoms with E-state index in [2.05, 4.69) is 10.5 Å². The molecule has 0 radical (unpaired) electrons. The predicted octanol–water partition coefficient (Wildman–Crippen LogP) is 5.27. The third kappa shape index (κ3) is 4.16. The Hall–Kier alpha value is -3.70. The molecule has 4 aromatic rings. The fourth-order valence-electron chi connectivity index (χ4n) is 3.11. The summed E-state index contributed by atoms with van der Waals surface area (Å²) in [7, 11) is 0. The van der Waals surface area contributed by atoms with Gasteiger partial charge in [-0.2, -0.15) is 10.2 Å². The van der Waals surface area contributed by atoms with Crippen LogP contribution in [-0.2, 0) is 0 Å². The van der Waals surface area contributed by atoms with Crippen molar-refractivity contribution in [2.45, 2.75) is 6.92 Å². The van der Waals surface area contributed by atoms with Crippen LogP contribution in [0.2, 0.25) is 5.02 Å². The minimum absolute atomic E-state index is 0.371. The Balaban J connectivity index is 1.66. The molecule has 0 fully saturated rings. The minimum Gasteiger partial charge on any atom is -0.267 e. The maximum absolute atomic E-state index is 12.4. The molecule has 3 aromatic carbocycles. The lowest BCUT2D eigenvalue weighted by molar-refractivity contribution is 0.0955. The van der Waals surface area contributed by atoms with E-state index in [0.29, 0.717) is 10.6 Å².